The van der Waals surface area contributed by atoms with Crippen LogP contribution in [0, 0.1) is 35.0 Å². The van der Waals surface area contributed by atoms with Crippen LogP contribution in [0.1, 0.15) is 20.8 Å². The van der Waals surface area contributed by atoms with Crippen molar-refractivity contribution < 1.29 is 31.5 Å². The lowest BCUT2D eigenvalue weighted by Gasteiger charge is -2.26. The largest absolute Gasteiger partial charge is 0.419 e. The van der Waals surface area contributed by atoms with Crippen molar-refractivity contribution in [1.82, 2.24) is 0 Å². The van der Waals surface area contributed by atoms with E-state index in [0.29, 0.717) is 0 Å². The number of carbonyl (C=O) groups is 1. The summed E-state index contributed by atoms with van der Waals surface area (Å²) in [7, 11) is 0. The number of nitrogens with two attached hydrogens (primary N) is 1. The Morgan fingerprint density at radius 2 is 1.35 bits per heavy atom. The van der Waals surface area contributed by atoms with E-state index >= 15 is 0 Å². The third kappa shape index (κ3) is 2.60. The van der Waals surface area contributed by atoms with Crippen LogP contribution in [-0.2, 0) is 4.79 Å². The quantitative estimate of drug-likeness (QED) is 0.307. The van der Waals surface area contributed by atoms with Crippen LogP contribution in [0.25, 0.3) is 0 Å². The van der Waals surface area contributed by atoms with Gasteiger partial charge in [-0.3, -0.25) is 0 Å². The number of halogens is 5. The van der Waals surface area contributed by atoms with Crippen molar-refractivity contribution in [2.45, 2.75) is 26.3 Å². The first-order chi connectivity index (χ1) is 9.01. The van der Waals surface area contributed by atoms with Gasteiger partial charge in [-0.05, 0) is 12.8 Å². The maximum Gasteiger partial charge on any atom is 0.331 e. The predicted molar refractivity (Wildman–Crippen MR) is 59.3 cm³/mol. The van der Waals surface area contributed by atoms with Gasteiger partial charge in [0.1, 0.15) is 5.54 Å². The number of hydrogen-bond acceptors (Lipinski definition) is 3. The average molecular weight is 297 g/mol. The van der Waals surface area contributed by atoms with E-state index in [2.05, 4.69) is 4.74 Å². The van der Waals surface area contributed by atoms with Crippen molar-refractivity contribution in [3.8, 4) is 5.75 Å². The monoisotopic (exact) mass is 297 g/mol. The van der Waals surface area contributed by atoms with E-state index < -0.39 is 52.3 Å². The first-order valence-corrected chi connectivity index (χ1v) is 5.54. The van der Waals surface area contributed by atoms with Crippen LogP contribution in [0.5, 0.6) is 5.75 Å². The van der Waals surface area contributed by atoms with Crippen LogP contribution in [0.4, 0.5) is 22.0 Å². The second kappa shape index (κ2) is 5.35. The molecule has 1 aromatic rings. The maximum absolute atomic E-state index is 13.3. The summed E-state index contributed by atoms with van der Waals surface area (Å²) < 4.78 is 69.5. The molecule has 0 saturated heterocycles. The van der Waals surface area contributed by atoms with Gasteiger partial charge in [-0.15, -0.1) is 0 Å². The van der Waals surface area contributed by atoms with Crippen molar-refractivity contribution in [2.75, 3.05) is 0 Å². The lowest BCUT2D eigenvalue weighted by atomic mass is 9.90. The minimum Gasteiger partial charge on any atom is -0.419 e. The van der Waals surface area contributed by atoms with E-state index in [9.17, 15) is 26.7 Å². The highest BCUT2D eigenvalue weighted by molar-refractivity contribution is 5.82. The Morgan fingerprint density at radius 1 is 1.00 bits per heavy atom. The van der Waals surface area contributed by atoms with Crippen LogP contribution in [0.15, 0.2) is 0 Å². The Hall–Kier alpha value is -1.70. The first kappa shape index (κ1) is 16.4. The third-order valence-electron chi connectivity index (χ3n) is 3.00. The lowest BCUT2D eigenvalue weighted by Crippen LogP contribution is -2.52. The fourth-order valence-corrected chi connectivity index (χ4v) is 1.11. The molecule has 0 saturated carbocycles. The van der Waals surface area contributed by atoms with Gasteiger partial charge in [0, 0.05) is 0 Å². The molecule has 1 rings (SSSR count). The van der Waals surface area contributed by atoms with Gasteiger partial charge in [-0.1, -0.05) is 13.8 Å². The van der Waals surface area contributed by atoms with Crippen molar-refractivity contribution in [1.29, 1.82) is 0 Å². The Bertz CT molecular complexity index is 528. The van der Waals surface area contributed by atoms with Gasteiger partial charge in [-0.25, -0.2) is 18.0 Å². The molecule has 0 radical (unpaired) electrons. The summed E-state index contributed by atoms with van der Waals surface area (Å²) in [6.07, 6.45) is 0. The molecule has 0 amide bonds. The lowest BCUT2D eigenvalue weighted by molar-refractivity contribution is -0.142. The fraction of sp³-hybridized carbons (Fsp3) is 0.417. The molecular formula is C12H12F5NO2. The van der Waals surface area contributed by atoms with Gasteiger partial charge < -0.3 is 10.5 Å². The summed E-state index contributed by atoms with van der Waals surface area (Å²) in [5.41, 5.74) is 3.92. The second-order valence-corrected chi connectivity index (χ2v) is 4.73. The molecule has 1 atom stereocenters. The molecule has 0 aliphatic carbocycles. The Labute approximate surface area is 111 Å². The number of hydrogen-bond donors (Lipinski definition) is 1. The molecule has 0 unspecified atom stereocenters. The summed E-state index contributed by atoms with van der Waals surface area (Å²) in [4.78, 5) is 11.7. The topological polar surface area (TPSA) is 52.3 Å². The SMILES string of the molecule is CC(C)[C@](C)(N)C(=O)Oc1c(F)c(F)c(F)c(F)c1F. The highest BCUT2D eigenvalue weighted by atomic mass is 19.2. The second-order valence-electron chi connectivity index (χ2n) is 4.73. The van der Waals surface area contributed by atoms with Crippen LogP contribution in [0.3, 0.4) is 0 Å². The minimum absolute atomic E-state index is 0.490. The molecule has 0 aliphatic rings. The van der Waals surface area contributed by atoms with Gasteiger partial charge >= 0.3 is 5.97 Å². The molecule has 3 nitrogen and oxygen atoms in total. The van der Waals surface area contributed by atoms with Crippen LogP contribution < -0.4 is 10.5 Å². The van der Waals surface area contributed by atoms with E-state index in [4.69, 9.17) is 5.73 Å². The number of carbonyl (C=O) groups excluding carboxylic acids is 1. The molecular weight excluding hydrogens is 285 g/mol. The number of rotatable bonds is 3. The number of ether oxygens (including phenoxy) is 1. The van der Waals surface area contributed by atoms with Gasteiger partial charge in [0.15, 0.2) is 0 Å². The molecule has 0 aromatic heterocycles. The zero-order chi connectivity index (χ0) is 15.8. The van der Waals surface area contributed by atoms with Crippen LogP contribution >= 0.6 is 0 Å². The molecule has 0 fully saturated rings. The van der Waals surface area contributed by atoms with E-state index in [1.54, 1.807) is 0 Å². The predicted octanol–water partition coefficient (Wildman–Crippen LogP) is 2.66. The Kier molecular flexibility index (Phi) is 4.38. The van der Waals surface area contributed by atoms with E-state index in [1.807, 2.05) is 0 Å². The molecule has 20 heavy (non-hydrogen) atoms. The van der Waals surface area contributed by atoms with Crippen molar-refractivity contribution in [3.05, 3.63) is 29.1 Å². The molecule has 1 aromatic carbocycles. The van der Waals surface area contributed by atoms with Gasteiger partial charge in [0.2, 0.25) is 34.8 Å². The van der Waals surface area contributed by atoms with E-state index in [1.165, 1.54) is 20.8 Å². The maximum atomic E-state index is 13.3. The van der Waals surface area contributed by atoms with Crippen molar-refractivity contribution in [3.63, 3.8) is 0 Å². The Morgan fingerprint density at radius 3 is 1.70 bits per heavy atom. The summed E-state index contributed by atoms with van der Waals surface area (Å²) in [5.74, 6) is -14.6. The normalized spacial score (nSPS) is 14.3. The minimum atomic E-state index is -2.33. The van der Waals surface area contributed by atoms with E-state index in [-0.39, 0.29) is 0 Å². The van der Waals surface area contributed by atoms with Crippen LogP contribution in [0.2, 0.25) is 0 Å². The molecule has 112 valence electrons. The zero-order valence-electron chi connectivity index (χ0n) is 10.9. The summed E-state index contributed by atoms with van der Waals surface area (Å²) >= 11 is 0. The molecule has 0 aliphatic heterocycles. The van der Waals surface area contributed by atoms with Gasteiger partial charge in [0.05, 0.1) is 0 Å². The third-order valence-corrected chi connectivity index (χ3v) is 3.00. The van der Waals surface area contributed by atoms with Gasteiger partial charge in [-0.2, -0.15) is 8.78 Å². The first-order valence-electron chi connectivity index (χ1n) is 5.54. The van der Waals surface area contributed by atoms with E-state index in [0.717, 1.165) is 0 Å². The zero-order valence-corrected chi connectivity index (χ0v) is 10.9. The molecule has 0 heterocycles. The summed E-state index contributed by atoms with van der Waals surface area (Å²) in [6.45, 7) is 4.27. The standard InChI is InChI=1S/C12H12F5NO2/c1-4(2)12(3,18)11(19)20-10-8(16)6(14)5(13)7(15)9(10)17/h4H,18H2,1-3H3/t12-/m0/s1. The highest BCUT2D eigenvalue weighted by Crippen LogP contribution is 2.30. The Balaban J connectivity index is 3.27. The fourth-order valence-electron chi connectivity index (χ4n) is 1.11. The molecule has 2 N–H and O–H groups in total. The average Bonchev–Trinajstić information content (AvgIpc) is 2.38. The molecule has 0 bridgehead atoms. The van der Waals surface area contributed by atoms with Crippen molar-refractivity contribution >= 4 is 5.97 Å². The summed E-state index contributed by atoms with van der Waals surface area (Å²) in [5, 5.41) is 0. The number of benzene rings is 1. The highest BCUT2D eigenvalue weighted by Gasteiger charge is 2.37. The molecule has 0 spiro atoms. The summed E-state index contributed by atoms with van der Waals surface area (Å²) in [6, 6.07) is 0. The van der Waals surface area contributed by atoms with Gasteiger partial charge in [0.25, 0.3) is 0 Å². The smallest absolute Gasteiger partial charge is 0.331 e. The van der Waals surface area contributed by atoms with Crippen LogP contribution in [-0.4, -0.2) is 11.5 Å². The molecule has 8 heteroatoms. The van der Waals surface area contributed by atoms with Crippen molar-refractivity contribution in [2.24, 2.45) is 11.7 Å². The number of esters is 1.